The van der Waals surface area contributed by atoms with Gasteiger partial charge in [0, 0.05) is 31.7 Å². The van der Waals surface area contributed by atoms with Crippen molar-refractivity contribution in [1.29, 1.82) is 0 Å². The van der Waals surface area contributed by atoms with Crippen LogP contribution in [0, 0.1) is 0 Å². The lowest BCUT2D eigenvalue weighted by atomic mass is 10.1. The monoisotopic (exact) mass is 373 g/mol. The van der Waals surface area contributed by atoms with Crippen LogP contribution >= 0.6 is 39.1 Å². The van der Waals surface area contributed by atoms with Gasteiger partial charge in [-0.3, -0.25) is 0 Å². The second kappa shape index (κ2) is 6.81. The molecule has 0 spiro atoms. The van der Waals surface area contributed by atoms with Gasteiger partial charge >= 0.3 is 0 Å². The van der Waals surface area contributed by atoms with E-state index in [-0.39, 0.29) is 6.04 Å². The smallest absolute Gasteiger partial charge is 0.125 e. The van der Waals surface area contributed by atoms with Gasteiger partial charge in [-0.05, 0) is 31.2 Å². The number of halogens is 3. The molecule has 0 bridgehead atoms. The first-order chi connectivity index (χ1) is 9.47. The zero-order valence-corrected chi connectivity index (χ0v) is 14.0. The first kappa shape index (κ1) is 15.6. The van der Waals surface area contributed by atoms with E-state index in [2.05, 4.69) is 15.9 Å². The van der Waals surface area contributed by atoms with Crippen LogP contribution in [0.2, 0.25) is 10.0 Å². The molecule has 2 rings (SSSR count). The first-order valence-electron chi connectivity index (χ1n) is 6.09. The van der Waals surface area contributed by atoms with E-state index in [1.807, 2.05) is 31.2 Å². The number of rotatable bonds is 4. The molecule has 2 N–H and O–H groups in total. The predicted molar refractivity (Wildman–Crippen MR) is 87.5 cm³/mol. The molecule has 2 aromatic carbocycles. The van der Waals surface area contributed by atoms with E-state index < -0.39 is 0 Å². The summed E-state index contributed by atoms with van der Waals surface area (Å²) in [6, 6.07) is 11.1. The summed E-state index contributed by atoms with van der Waals surface area (Å²) in [6.45, 7) is 2.29. The lowest BCUT2D eigenvalue weighted by molar-refractivity contribution is 0.301. The van der Waals surface area contributed by atoms with Crippen molar-refractivity contribution in [1.82, 2.24) is 0 Å². The van der Waals surface area contributed by atoms with Gasteiger partial charge in [-0.25, -0.2) is 0 Å². The zero-order chi connectivity index (χ0) is 14.7. The highest BCUT2D eigenvalue weighted by Crippen LogP contribution is 2.29. The summed E-state index contributed by atoms with van der Waals surface area (Å²) in [6.07, 6.45) is 0. The largest absolute Gasteiger partial charge is 0.488 e. The van der Waals surface area contributed by atoms with Crippen molar-refractivity contribution in [3.63, 3.8) is 0 Å². The standard InChI is InChI=1S/C15H14BrCl2NO/c1-9(19)13-5-3-11(16)6-15(13)20-8-10-2-4-12(17)7-14(10)18/h2-7,9H,8,19H2,1H3/t9-/m1/s1. The fourth-order valence-corrected chi connectivity index (χ4v) is 2.61. The van der Waals surface area contributed by atoms with Crippen LogP contribution < -0.4 is 10.5 Å². The molecule has 0 fully saturated rings. The Hall–Kier alpha value is -0.740. The minimum absolute atomic E-state index is 0.0983. The SMILES string of the molecule is C[C@@H](N)c1ccc(Br)cc1OCc1ccc(Cl)cc1Cl. The predicted octanol–water partition coefficient (Wildman–Crippen LogP) is 5.35. The molecule has 106 valence electrons. The Labute approximate surface area is 137 Å². The zero-order valence-electron chi connectivity index (χ0n) is 10.9. The van der Waals surface area contributed by atoms with Crippen molar-refractivity contribution < 1.29 is 4.74 Å². The average Bonchev–Trinajstić information content (AvgIpc) is 2.37. The Morgan fingerprint density at radius 3 is 2.60 bits per heavy atom. The Bertz CT molecular complexity index is 617. The summed E-state index contributed by atoms with van der Waals surface area (Å²) in [7, 11) is 0. The van der Waals surface area contributed by atoms with E-state index >= 15 is 0 Å². The summed E-state index contributed by atoms with van der Waals surface area (Å²) in [5, 5.41) is 1.20. The number of hydrogen-bond donors (Lipinski definition) is 1. The normalized spacial score (nSPS) is 12.2. The van der Waals surface area contributed by atoms with E-state index in [1.54, 1.807) is 12.1 Å². The van der Waals surface area contributed by atoms with Crippen molar-refractivity contribution in [3.05, 3.63) is 62.0 Å². The number of ether oxygens (including phenoxy) is 1. The lowest BCUT2D eigenvalue weighted by Crippen LogP contribution is -2.08. The summed E-state index contributed by atoms with van der Waals surface area (Å²) in [4.78, 5) is 0. The second-order valence-corrected chi connectivity index (χ2v) is 6.25. The molecule has 2 nitrogen and oxygen atoms in total. The third-order valence-electron chi connectivity index (χ3n) is 2.86. The molecule has 0 saturated carbocycles. The molecule has 0 aromatic heterocycles. The van der Waals surface area contributed by atoms with Crippen LogP contribution in [0.25, 0.3) is 0 Å². The summed E-state index contributed by atoms with van der Waals surface area (Å²) in [5.41, 5.74) is 7.78. The van der Waals surface area contributed by atoms with Gasteiger partial charge in [0.2, 0.25) is 0 Å². The summed E-state index contributed by atoms with van der Waals surface area (Å²) >= 11 is 15.4. The van der Waals surface area contributed by atoms with E-state index in [1.165, 1.54) is 0 Å². The van der Waals surface area contributed by atoms with Crippen LogP contribution in [0.3, 0.4) is 0 Å². The average molecular weight is 375 g/mol. The van der Waals surface area contributed by atoms with E-state index in [9.17, 15) is 0 Å². The van der Waals surface area contributed by atoms with Gasteiger partial charge in [0.15, 0.2) is 0 Å². The third kappa shape index (κ3) is 3.89. The Kier molecular flexibility index (Phi) is 5.33. The highest BCUT2D eigenvalue weighted by molar-refractivity contribution is 9.10. The van der Waals surface area contributed by atoms with Crippen LogP contribution in [0.4, 0.5) is 0 Å². The molecule has 0 saturated heterocycles. The van der Waals surface area contributed by atoms with Gasteiger partial charge in [0.25, 0.3) is 0 Å². The molecule has 0 radical (unpaired) electrons. The van der Waals surface area contributed by atoms with Crippen molar-refractivity contribution in [2.45, 2.75) is 19.6 Å². The van der Waals surface area contributed by atoms with Gasteiger partial charge in [0.1, 0.15) is 12.4 Å². The van der Waals surface area contributed by atoms with Crippen molar-refractivity contribution in [2.24, 2.45) is 5.73 Å². The fraction of sp³-hybridized carbons (Fsp3) is 0.200. The van der Waals surface area contributed by atoms with Gasteiger partial charge < -0.3 is 10.5 Å². The van der Waals surface area contributed by atoms with Crippen molar-refractivity contribution >= 4 is 39.1 Å². The van der Waals surface area contributed by atoms with E-state index in [4.69, 9.17) is 33.7 Å². The minimum Gasteiger partial charge on any atom is -0.488 e. The van der Waals surface area contributed by atoms with Gasteiger partial charge in [-0.1, -0.05) is 51.3 Å². The maximum atomic E-state index is 6.13. The molecule has 0 aliphatic rings. The maximum absolute atomic E-state index is 6.13. The number of hydrogen-bond acceptors (Lipinski definition) is 2. The topological polar surface area (TPSA) is 35.2 Å². The molecule has 0 amide bonds. The van der Waals surface area contributed by atoms with E-state index in [0.717, 1.165) is 21.3 Å². The molecule has 2 aromatic rings. The maximum Gasteiger partial charge on any atom is 0.125 e. The quantitative estimate of drug-likeness (QED) is 0.782. The Morgan fingerprint density at radius 1 is 1.20 bits per heavy atom. The minimum atomic E-state index is -0.0983. The van der Waals surface area contributed by atoms with Crippen LogP contribution in [-0.2, 0) is 6.61 Å². The molecule has 0 unspecified atom stereocenters. The molecule has 1 atom stereocenters. The van der Waals surface area contributed by atoms with Crippen LogP contribution in [0.1, 0.15) is 24.1 Å². The number of benzene rings is 2. The molecule has 0 aliphatic heterocycles. The Morgan fingerprint density at radius 2 is 1.95 bits per heavy atom. The summed E-state index contributed by atoms with van der Waals surface area (Å²) < 4.78 is 6.79. The fourth-order valence-electron chi connectivity index (χ4n) is 1.80. The van der Waals surface area contributed by atoms with Crippen LogP contribution in [0.5, 0.6) is 5.75 Å². The molecular formula is C15H14BrCl2NO. The third-order valence-corrected chi connectivity index (χ3v) is 3.94. The van der Waals surface area contributed by atoms with Crippen molar-refractivity contribution in [3.8, 4) is 5.75 Å². The molecular weight excluding hydrogens is 361 g/mol. The molecule has 20 heavy (non-hydrogen) atoms. The molecule has 0 heterocycles. The van der Waals surface area contributed by atoms with Crippen molar-refractivity contribution in [2.75, 3.05) is 0 Å². The van der Waals surface area contributed by atoms with Crippen LogP contribution in [-0.4, -0.2) is 0 Å². The van der Waals surface area contributed by atoms with E-state index in [0.29, 0.717) is 16.7 Å². The van der Waals surface area contributed by atoms with Gasteiger partial charge in [-0.2, -0.15) is 0 Å². The molecule has 5 heteroatoms. The summed E-state index contributed by atoms with van der Waals surface area (Å²) in [5.74, 6) is 0.750. The number of nitrogens with two attached hydrogens (primary N) is 1. The first-order valence-corrected chi connectivity index (χ1v) is 7.64. The van der Waals surface area contributed by atoms with Crippen LogP contribution in [0.15, 0.2) is 40.9 Å². The lowest BCUT2D eigenvalue weighted by Gasteiger charge is -2.15. The van der Waals surface area contributed by atoms with Gasteiger partial charge in [-0.15, -0.1) is 0 Å². The highest BCUT2D eigenvalue weighted by Gasteiger charge is 2.10. The second-order valence-electron chi connectivity index (χ2n) is 4.50. The molecule has 0 aliphatic carbocycles. The highest BCUT2D eigenvalue weighted by atomic mass is 79.9. The van der Waals surface area contributed by atoms with Gasteiger partial charge in [0.05, 0.1) is 0 Å². The Balaban J connectivity index is 2.20.